The number of carbonyl (C=O) groups is 1. The molecule has 0 bridgehead atoms. The van der Waals surface area contributed by atoms with Crippen molar-refractivity contribution in [3.8, 4) is 12.1 Å². The molecule has 1 amide bonds. The first-order valence-corrected chi connectivity index (χ1v) is 12.4. The number of rotatable bonds is 9. The quantitative estimate of drug-likeness (QED) is 0.482. The van der Waals surface area contributed by atoms with E-state index < -0.39 is 0 Å². The molecule has 7 nitrogen and oxygen atoms in total. The molecule has 0 aliphatic carbocycles. The Kier molecular flexibility index (Phi) is 8.53. The fourth-order valence-corrected chi connectivity index (χ4v) is 4.73. The number of likely N-dealkylation sites (N-methyl/N-ethyl adjacent to an activating group) is 1. The molecule has 1 aliphatic heterocycles. The van der Waals surface area contributed by atoms with Crippen molar-refractivity contribution < 1.29 is 9.53 Å². The lowest BCUT2D eigenvalue weighted by atomic mass is 9.96. The van der Waals surface area contributed by atoms with Crippen molar-refractivity contribution in [2.24, 2.45) is 0 Å². The van der Waals surface area contributed by atoms with Crippen molar-refractivity contribution >= 4 is 11.6 Å². The van der Waals surface area contributed by atoms with Crippen LogP contribution < -0.4 is 10.2 Å². The Bertz CT molecular complexity index is 1270. The van der Waals surface area contributed by atoms with Gasteiger partial charge in [0.2, 0.25) is 0 Å². The van der Waals surface area contributed by atoms with E-state index >= 15 is 0 Å². The van der Waals surface area contributed by atoms with Crippen LogP contribution in [0.25, 0.3) is 0 Å². The number of amides is 1. The maximum absolute atomic E-state index is 12.8. The number of nitrogens with one attached hydrogen (secondary N) is 1. The van der Waals surface area contributed by atoms with Crippen molar-refractivity contribution in [1.82, 2.24) is 10.2 Å². The number of anilines is 1. The number of hydrogen-bond acceptors (Lipinski definition) is 6. The molecule has 2 atom stereocenters. The summed E-state index contributed by atoms with van der Waals surface area (Å²) in [6.45, 7) is 3.01. The SMILES string of the molecule is COCCN(C)c1ccc(C(c2ccc(C#N)cc2)N2CC[C@@H](NC(=O)c3ccc(C#N)cc3)C2)cc1. The zero-order chi connectivity index (χ0) is 26.2. The molecule has 1 heterocycles. The number of benzene rings is 3. The lowest BCUT2D eigenvalue weighted by molar-refractivity contribution is 0.0937. The Hall–Kier alpha value is -4.17. The van der Waals surface area contributed by atoms with E-state index in [-0.39, 0.29) is 18.0 Å². The van der Waals surface area contributed by atoms with Crippen molar-refractivity contribution in [3.63, 3.8) is 0 Å². The monoisotopic (exact) mass is 493 g/mol. The predicted octanol–water partition coefficient (Wildman–Crippen LogP) is 4.11. The van der Waals surface area contributed by atoms with Gasteiger partial charge in [0.25, 0.3) is 5.91 Å². The number of likely N-dealkylation sites (tertiary alicyclic amines) is 1. The number of hydrogen-bond donors (Lipinski definition) is 1. The summed E-state index contributed by atoms with van der Waals surface area (Å²) in [4.78, 5) is 17.4. The number of nitrogens with zero attached hydrogens (tertiary/aromatic N) is 4. The highest BCUT2D eigenvalue weighted by atomic mass is 16.5. The molecule has 4 rings (SSSR count). The second-order valence-electron chi connectivity index (χ2n) is 9.29. The average molecular weight is 494 g/mol. The maximum atomic E-state index is 12.8. The maximum Gasteiger partial charge on any atom is 0.251 e. The molecule has 0 aromatic heterocycles. The van der Waals surface area contributed by atoms with Crippen LogP contribution >= 0.6 is 0 Å². The van der Waals surface area contributed by atoms with Crippen LogP contribution in [-0.4, -0.2) is 57.2 Å². The van der Waals surface area contributed by atoms with Crippen molar-refractivity contribution in [3.05, 3.63) is 101 Å². The van der Waals surface area contributed by atoms with Gasteiger partial charge in [0.1, 0.15) is 0 Å². The van der Waals surface area contributed by atoms with Gasteiger partial charge >= 0.3 is 0 Å². The van der Waals surface area contributed by atoms with Crippen LogP contribution in [0.3, 0.4) is 0 Å². The van der Waals surface area contributed by atoms with E-state index in [1.54, 1.807) is 31.4 Å². The Morgan fingerprint density at radius 3 is 2.14 bits per heavy atom. The topological polar surface area (TPSA) is 92.4 Å². The largest absolute Gasteiger partial charge is 0.383 e. The summed E-state index contributed by atoms with van der Waals surface area (Å²) in [6.07, 6.45) is 0.840. The van der Waals surface area contributed by atoms with Gasteiger partial charge in [0.15, 0.2) is 0 Å². The highest BCUT2D eigenvalue weighted by Crippen LogP contribution is 2.33. The first-order chi connectivity index (χ1) is 18.0. The van der Waals surface area contributed by atoms with E-state index in [0.29, 0.717) is 29.8 Å². The van der Waals surface area contributed by atoms with Crippen LogP contribution in [0.5, 0.6) is 0 Å². The second kappa shape index (κ2) is 12.2. The van der Waals surface area contributed by atoms with Gasteiger partial charge in [-0.1, -0.05) is 24.3 Å². The van der Waals surface area contributed by atoms with Gasteiger partial charge < -0.3 is 15.0 Å². The van der Waals surface area contributed by atoms with Crippen LogP contribution in [0.1, 0.15) is 45.1 Å². The van der Waals surface area contributed by atoms with Crippen molar-refractivity contribution in [2.45, 2.75) is 18.5 Å². The van der Waals surface area contributed by atoms with Gasteiger partial charge in [0.05, 0.1) is 35.9 Å². The molecule has 188 valence electrons. The summed E-state index contributed by atoms with van der Waals surface area (Å²) in [5.74, 6) is -0.130. The summed E-state index contributed by atoms with van der Waals surface area (Å²) in [5.41, 5.74) is 5.10. The standard InChI is InChI=1S/C30H31N5O2/c1-34(17-18-37-2)28-13-11-25(12-14-28)29(24-7-3-22(19-31)4-8-24)35-16-15-27(21-35)33-30(36)26-9-5-23(20-32)6-10-26/h3-14,27,29H,15-18,21H2,1-2H3,(H,33,36)/t27-,29?/m1/s1. The number of carbonyl (C=O) groups excluding carboxylic acids is 1. The van der Waals surface area contributed by atoms with Crippen LogP contribution in [0, 0.1) is 22.7 Å². The minimum absolute atomic E-state index is 0.00267. The van der Waals surface area contributed by atoms with Gasteiger partial charge in [0, 0.05) is 51.1 Å². The van der Waals surface area contributed by atoms with E-state index in [1.807, 2.05) is 31.3 Å². The fraction of sp³-hybridized carbons (Fsp3) is 0.300. The molecule has 1 saturated heterocycles. The average Bonchev–Trinajstić information content (AvgIpc) is 3.40. The second-order valence-corrected chi connectivity index (χ2v) is 9.29. The van der Waals surface area contributed by atoms with E-state index in [0.717, 1.165) is 36.3 Å². The number of nitriles is 2. The van der Waals surface area contributed by atoms with E-state index in [9.17, 15) is 10.1 Å². The van der Waals surface area contributed by atoms with Crippen molar-refractivity contribution in [1.29, 1.82) is 10.5 Å². The molecule has 0 radical (unpaired) electrons. The Morgan fingerprint density at radius 2 is 1.57 bits per heavy atom. The Balaban J connectivity index is 1.52. The molecule has 1 aliphatic rings. The number of ether oxygens (including phenoxy) is 1. The Morgan fingerprint density at radius 1 is 1.00 bits per heavy atom. The lowest BCUT2D eigenvalue weighted by Crippen LogP contribution is -2.38. The molecule has 3 aromatic rings. The lowest BCUT2D eigenvalue weighted by Gasteiger charge is -2.29. The molecular weight excluding hydrogens is 462 g/mol. The molecule has 37 heavy (non-hydrogen) atoms. The predicted molar refractivity (Wildman–Crippen MR) is 143 cm³/mol. The fourth-order valence-electron chi connectivity index (χ4n) is 4.73. The highest BCUT2D eigenvalue weighted by molar-refractivity contribution is 5.94. The summed E-state index contributed by atoms with van der Waals surface area (Å²) >= 11 is 0. The van der Waals surface area contributed by atoms with Gasteiger partial charge in [-0.05, 0) is 66.1 Å². The van der Waals surface area contributed by atoms with Gasteiger partial charge in [-0.15, -0.1) is 0 Å². The van der Waals surface area contributed by atoms with Crippen molar-refractivity contribution in [2.75, 3.05) is 45.3 Å². The third-order valence-electron chi connectivity index (χ3n) is 6.83. The summed E-state index contributed by atoms with van der Waals surface area (Å²) < 4.78 is 5.20. The van der Waals surface area contributed by atoms with Gasteiger partial charge in [-0.2, -0.15) is 10.5 Å². The van der Waals surface area contributed by atoms with Gasteiger partial charge in [-0.25, -0.2) is 0 Å². The zero-order valence-corrected chi connectivity index (χ0v) is 21.2. The molecule has 0 spiro atoms. The molecular formula is C30H31N5O2. The normalized spacial score (nSPS) is 15.9. The van der Waals surface area contributed by atoms with E-state index in [2.05, 4.69) is 51.5 Å². The van der Waals surface area contributed by atoms with Crippen LogP contribution in [0.4, 0.5) is 5.69 Å². The molecule has 0 saturated carbocycles. The molecule has 1 unspecified atom stereocenters. The third kappa shape index (κ3) is 6.34. The van der Waals surface area contributed by atoms with Gasteiger partial charge in [-0.3, -0.25) is 9.69 Å². The van der Waals surface area contributed by atoms with Crippen LogP contribution in [0.15, 0.2) is 72.8 Å². The minimum atomic E-state index is -0.130. The molecule has 3 aromatic carbocycles. The smallest absolute Gasteiger partial charge is 0.251 e. The first kappa shape index (κ1) is 25.9. The minimum Gasteiger partial charge on any atom is -0.383 e. The van der Waals surface area contributed by atoms with Crippen LogP contribution in [-0.2, 0) is 4.74 Å². The molecule has 1 fully saturated rings. The summed E-state index contributed by atoms with van der Waals surface area (Å²) in [5, 5.41) is 21.4. The van der Waals surface area contributed by atoms with Crippen LogP contribution in [0.2, 0.25) is 0 Å². The zero-order valence-electron chi connectivity index (χ0n) is 21.2. The Labute approximate surface area is 218 Å². The van der Waals surface area contributed by atoms with E-state index in [1.165, 1.54) is 0 Å². The summed E-state index contributed by atoms with van der Waals surface area (Å²) in [7, 11) is 3.75. The summed E-state index contributed by atoms with van der Waals surface area (Å²) in [6, 6.07) is 27.3. The first-order valence-electron chi connectivity index (χ1n) is 12.4. The molecule has 7 heteroatoms. The molecule has 1 N–H and O–H groups in total. The number of methoxy groups -OCH3 is 1. The third-order valence-corrected chi connectivity index (χ3v) is 6.83. The van der Waals surface area contributed by atoms with E-state index in [4.69, 9.17) is 10.00 Å². The highest BCUT2D eigenvalue weighted by Gasteiger charge is 2.31.